The van der Waals surface area contributed by atoms with Crippen molar-refractivity contribution >= 4 is 38.9 Å². The number of sulfonamides is 1. The maximum atomic E-state index is 12.5. The Hall–Kier alpha value is -1.01. The van der Waals surface area contributed by atoms with Crippen LogP contribution in [0.15, 0.2) is 42.3 Å². The molecule has 7 heteroatoms. The molecule has 1 aromatic carbocycles. The number of benzene rings is 1. The van der Waals surface area contributed by atoms with Crippen molar-refractivity contribution in [2.24, 2.45) is 0 Å². The highest BCUT2D eigenvalue weighted by molar-refractivity contribution is 7.89. The summed E-state index contributed by atoms with van der Waals surface area (Å²) in [6, 6.07) is 2.69. The van der Waals surface area contributed by atoms with E-state index in [-0.39, 0.29) is 33.7 Å². The Bertz CT molecular complexity index is 567. The Morgan fingerprint density at radius 3 is 2.16 bits per heavy atom. The second-order valence-corrected chi connectivity index (χ2v) is 6.42. The van der Waals surface area contributed by atoms with Gasteiger partial charge in [-0.15, -0.1) is 13.2 Å². The van der Waals surface area contributed by atoms with Crippen molar-refractivity contribution < 1.29 is 8.42 Å². The van der Waals surface area contributed by atoms with Gasteiger partial charge in [0.25, 0.3) is 0 Å². The monoisotopic (exact) mass is 320 g/mol. The molecule has 4 nitrogen and oxygen atoms in total. The van der Waals surface area contributed by atoms with Gasteiger partial charge in [0.2, 0.25) is 10.0 Å². The smallest absolute Gasteiger partial charge is 0.247 e. The molecule has 0 aliphatic rings. The molecule has 0 aliphatic heterocycles. The number of hydrogen-bond acceptors (Lipinski definition) is 3. The van der Waals surface area contributed by atoms with Crippen molar-refractivity contribution in [3.63, 3.8) is 0 Å². The number of hydrogen-bond donors (Lipinski definition) is 1. The minimum absolute atomic E-state index is 0.00984. The molecule has 0 fully saturated rings. The molecule has 0 heterocycles. The van der Waals surface area contributed by atoms with Gasteiger partial charge < -0.3 is 5.73 Å². The lowest BCUT2D eigenvalue weighted by molar-refractivity contribution is 0.474. The highest BCUT2D eigenvalue weighted by atomic mass is 35.5. The zero-order valence-electron chi connectivity index (χ0n) is 10.1. The van der Waals surface area contributed by atoms with E-state index in [1.807, 2.05) is 0 Å². The molecule has 104 valence electrons. The maximum Gasteiger partial charge on any atom is 0.247 e. The summed E-state index contributed by atoms with van der Waals surface area (Å²) in [4.78, 5) is -0.151. The Morgan fingerprint density at radius 2 is 1.74 bits per heavy atom. The van der Waals surface area contributed by atoms with E-state index in [0.717, 1.165) is 0 Å². The van der Waals surface area contributed by atoms with Crippen LogP contribution >= 0.6 is 23.2 Å². The molecule has 1 rings (SSSR count). The third-order valence-electron chi connectivity index (χ3n) is 2.30. The summed E-state index contributed by atoms with van der Waals surface area (Å²) >= 11 is 11.7. The summed E-state index contributed by atoms with van der Waals surface area (Å²) in [6.45, 7) is 7.31. The average molecular weight is 321 g/mol. The summed E-state index contributed by atoms with van der Waals surface area (Å²) in [5.41, 5.74) is 5.72. The van der Waals surface area contributed by atoms with Crippen LogP contribution in [-0.2, 0) is 10.0 Å². The number of nitrogens with two attached hydrogens (primary N) is 1. The van der Waals surface area contributed by atoms with Gasteiger partial charge in [0, 0.05) is 18.1 Å². The van der Waals surface area contributed by atoms with Crippen LogP contribution in [0.1, 0.15) is 0 Å². The highest BCUT2D eigenvalue weighted by Crippen LogP contribution is 2.33. The first-order valence-corrected chi connectivity index (χ1v) is 7.50. The van der Waals surface area contributed by atoms with E-state index in [9.17, 15) is 8.42 Å². The van der Waals surface area contributed by atoms with E-state index in [0.29, 0.717) is 0 Å². The van der Waals surface area contributed by atoms with Gasteiger partial charge in [0.1, 0.15) is 4.90 Å². The molecule has 0 bridgehead atoms. The highest BCUT2D eigenvalue weighted by Gasteiger charge is 2.27. The second kappa shape index (κ2) is 6.43. The zero-order chi connectivity index (χ0) is 14.6. The fourth-order valence-corrected chi connectivity index (χ4v) is 3.87. The van der Waals surface area contributed by atoms with Crippen LogP contribution in [0, 0.1) is 0 Å². The zero-order valence-corrected chi connectivity index (χ0v) is 12.5. The number of nitrogens with zero attached hydrogens (tertiary/aromatic N) is 1. The summed E-state index contributed by atoms with van der Waals surface area (Å²) in [7, 11) is -3.83. The van der Waals surface area contributed by atoms with Crippen LogP contribution in [0.4, 0.5) is 5.69 Å². The third kappa shape index (κ3) is 3.51. The largest absolute Gasteiger partial charge is 0.398 e. The summed E-state index contributed by atoms with van der Waals surface area (Å²) in [5, 5.41) is 0.267. The summed E-state index contributed by atoms with van der Waals surface area (Å²) < 4.78 is 26.1. The Morgan fingerprint density at radius 1 is 1.21 bits per heavy atom. The Labute approximate surface area is 123 Å². The molecular weight excluding hydrogens is 307 g/mol. The van der Waals surface area contributed by atoms with Crippen molar-refractivity contribution in [1.82, 2.24) is 4.31 Å². The Kier molecular flexibility index (Phi) is 5.43. The maximum absolute atomic E-state index is 12.5. The SMILES string of the molecule is C=CCN(CC=C)S(=O)(=O)c1c(N)cc(Cl)cc1Cl. The van der Waals surface area contributed by atoms with E-state index in [1.165, 1.54) is 28.6 Å². The molecule has 0 radical (unpaired) electrons. The van der Waals surface area contributed by atoms with Crippen molar-refractivity contribution in [2.45, 2.75) is 4.90 Å². The number of halogens is 2. The molecule has 0 aliphatic carbocycles. The van der Waals surface area contributed by atoms with E-state index >= 15 is 0 Å². The van der Waals surface area contributed by atoms with Gasteiger partial charge in [-0.1, -0.05) is 35.4 Å². The fraction of sp³-hybridized carbons (Fsp3) is 0.167. The van der Waals surface area contributed by atoms with E-state index in [4.69, 9.17) is 28.9 Å². The van der Waals surface area contributed by atoms with Crippen molar-refractivity contribution in [2.75, 3.05) is 18.8 Å². The topological polar surface area (TPSA) is 63.4 Å². The van der Waals surface area contributed by atoms with Crippen LogP contribution < -0.4 is 5.73 Å². The lowest BCUT2D eigenvalue weighted by Gasteiger charge is -2.20. The molecule has 0 aromatic heterocycles. The molecule has 0 spiro atoms. The van der Waals surface area contributed by atoms with Gasteiger partial charge in [-0.05, 0) is 12.1 Å². The number of rotatable bonds is 6. The Balaban J connectivity index is 3.40. The number of anilines is 1. The van der Waals surface area contributed by atoms with Gasteiger partial charge in [-0.2, -0.15) is 4.31 Å². The lowest BCUT2D eigenvalue weighted by Crippen LogP contribution is -2.32. The molecule has 2 N–H and O–H groups in total. The first-order valence-electron chi connectivity index (χ1n) is 5.31. The average Bonchev–Trinajstić information content (AvgIpc) is 2.26. The van der Waals surface area contributed by atoms with Gasteiger partial charge in [-0.25, -0.2) is 8.42 Å². The first kappa shape index (κ1) is 16.0. The van der Waals surface area contributed by atoms with Crippen LogP contribution in [0.25, 0.3) is 0 Å². The molecule has 0 amide bonds. The summed E-state index contributed by atoms with van der Waals surface area (Å²) in [6.07, 6.45) is 2.95. The van der Waals surface area contributed by atoms with E-state index in [1.54, 1.807) is 0 Å². The minimum atomic E-state index is -3.83. The third-order valence-corrected chi connectivity index (χ3v) is 4.88. The normalized spacial score (nSPS) is 11.5. The van der Waals surface area contributed by atoms with Gasteiger partial charge in [-0.3, -0.25) is 0 Å². The predicted molar refractivity (Wildman–Crippen MR) is 80.0 cm³/mol. The van der Waals surface area contributed by atoms with Gasteiger partial charge in [0.05, 0.1) is 10.7 Å². The van der Waals surface area contributed by atoms with Gasteiger partial charge in [0.15, 0.2) is 0 Å². The molecule has 1 aromatic rings. The van der Waals surface area contributed by atoms with Crippen LogP contribution in [0.5, 0.6) is 0 Å². The minimum Gasteiger partial charge on any atom is -0.398 e. The van der Waals surface area contributed by atoms with Crippen LogP contribution in [0.3, 0.4) is 0 Å². The lowest BCUT2D eigenvalue weighted by atomic mass is 10.3. The van der Waals surface area contributed by atoms with E-state index < -0.39 is 10.0 Å². The molecular formula is C12H14Cl2N2O2S. The van der Waals surface area contributed by atoms with E-state index in [2.05, 4.69) is 13.2 Å². The van der Waals surface area contributed by atoms with Crippen molar-refractivity contribution in [1.29, 1.82) is 0 Å². The van der Waals surface area contributed by atoms with Crippen LogP contribution in [0.2, 0.25) is 10.0 Å². The number of nitrogen functional groups attached to an aromatic ring is 1. The molecule has 0 unspecified atom stereocenters. The van der Waals surface area contributed by atoms with Crippen molar-refractivity contribution in [3.8, 4) is 0 Å². The standard InChI is InChI=1S/C12H14Cl2N2O2S/c1-3-5-16(6-4-2)19(17,18)12-10(14)7-9(13)8-11(12)15/h3-4,7-8H,1-2,5-6,15H2. The first-order chi connectivity index (χ1) is 8.84. The second-order valence-electron chi connectivity index (χ2n) is 3.71. The van der Waals surface area contributed by atoms with Crippen molar-refractivity contribution in [3.05, 3.63) is 47.5 Å². The fourth-order valence-electron chi connectivity index (χ4n) is 1.54. The quantitative estimate of drug-likeness (QED) is 0.647. The molecule has 0 saturated carbocycles. The molecule has 19 heavy (non-hydrogen) atoms. The predicted octanol–water partition coefficient (Wildman–Crippen LogP) is 2.94. The van der Waals surface area contributed by atoms with Crippen LogP contribution in [-0.4, -0.2) is 25.8 Å². The molecule has 0 saturated heterocycles. The molecule has 0 atom stereocenters. The van der Waals surface area contributed by atoms with Gasteiger partial charge >= 0.3 is 0 Å². The summed E-state index contributed by atoms with van der Waals surface area (Å²) in [5.74, 6) is 0.